The van der Waals surface area contributed by atoms with E-state index in [0.29, 0.717) is 31.1 Å². The third-order valence-corrected chi connectivity index (χ3v) is 4.97. The fourth-order valence-electron chi connectivity index (χ4n) is 3.58. The first-order valence-electron chi connectivity index (χ1n) is 9.18. The van der Waals surface area contributed by atoms with Gasteiger partial charge in [0, 0.05) is 51.7 Å². The van der Waals surface area contributed by atoms with Gasteiger partial charge in [0.1, 0.15) is 0 Å². The number of morpholine rings is 1. The van der Waals surface area contributed by atoms with Crippen molar-refractivity contribution in [1.82, 2.24) is 19.8 Å². The SMILES string of the molecule is CCCc1cnc(N[C@@H]2C[C@H]3CO[C@@H](CC(=O)N(C)C)CN3C2)nc1. The van der Waals surface area contributed by atoms with Gasteiger partial charge in [-0.25, -0.2) is 9.97 Å². The predicted octanol–water partition coefficient (Wildman–Crippen LogP) is 1.16. The number of hydrogen-bond donors (Lipinski definition) is 1. The molecule has 0 bridgehead atoms. The van der Waals surface area contributed by atoms with Crippen LogP contribution in [0.15, 0.2) is 12.4 Å². The topological polar surface area (TPSA) is 70.6 Å². The molecule has 2 fully saturated rings. The summed E-state index contributed by atoms with van der Waals surface area (Å²) in [4.78, 5) is 24.8. The minimum absolute atomic E-state index is 0.00511. The molecule has 138 valence electrons. The molecule has 3 heterocycles. The smallest absolute Gasteiger partial charge is 0.224 e. The number of nitrogens with one attached hydrogen (secondary N) is 1. The summed E-state index contributed by atoms with van der Waals surface area (Å²) < 4.78 is 5.91. The lowest BCUT2D eigenvalue weighted by molar-refractivity contribution is -0.134. The number of rotatable bonds is 6. The largest absolute Gasteiger partial charge is 0.375 e. The van der Waals surface area contributed by atoms with Gasteiger partial charge in [-0.15, -0.1) is 0 Å². The van der Waals surface area contributed by atoms with E-state index < -0.39 is 0 Å². The molecule has 1 aromatic rings. The van der Waals surface area contributed by atoms with Gasteiger partial charge in [0.05, 0.1) is 19.1 Å². The number of aromatic nitrogens is 2. The van der Waals surface area contributed by atoms with E-state index in [9.17, 15) is 4.79 Å². The summed E-state index contributed by atoms with van der Waals surface area (Å²) in [6.45, 7) is 4.61. The molecule has 2 aliphatic heterocycles. The Hall–Kier alpha value is -1.73. The molecule has 0 saturated carbocycles. The van der Waals surface area contributed by atoms with Crippen LogP contribution in [0, 0.1) is 0 Å². The number of aryl methyl sites for hydroxylation is 1. The zero-order valence-corrected chi connectivity index (χ0v) is 15.4. The van der Waals surface area contributed by atoms with Crippen LogP contribution in [0.5, 0.6) is 0 Å². The van der Waals surface area contributed by atoms with Gasteiger partial charge in [-0.05, 0) is 18.4 Å². The average Bonchev–Trinajstić information content (AvgIpc) is 2.98. The molecule has 25 heavy (non-hydrogen) atoms. The maximum atomic E-state index is 11.9. The van der Waals surface area contributed by atoms with Gasteiger partial charge < -0.3 is 15.0 Å². The van der Waals surface area contributed by atoms with Crippen LogP contribution in [0.25, 0.3) is 0 Å². The van der Waals surface area contributed by atoms with E-state index in [1.807, 2.05) is 12.4 Å². The summed E-state index contributed by atoms with van der Waals surface area (Å²) in [5.74, 6) is 0.822. The lowest BCUT2D eigenvalue weighted by atomic mass is 10.1. The van der Waals surface area contributed by atoms with Crippen molar-refractivity contribution in [2.24, 2.45) is 0 Å². The van der Waals surface area contributed by atoms with Gasteiger partial charge in [0.15, 0.2) is 0 Å². The Labute approximate surface area is 149 Å². The van der Waals surface area contributed by atoms with Crippen LogP contribution >= 0.6 is 0 Å². The zero-order valence-electron chi connectivity index (χ0n) is 15.4. The van der Waals surface area contributed by atoms with E-state index in [1.54, 1.807) is 19.0 Å². The van der Waals surface area contributed by atoms with Crippen molar-refractivity contribution in [1.29, 1.82) is 0 Å². The van der Waals surface area contributed by atoms with Crippen molar-refractivity contribution in [3.63, 3.8) is 0 Å². The molecular formula is C18H29N5O2. The van der Waals surface area contributed by atoms with Crippen molar-refractivity contribution in [3.8, 4) is 0 Å². The second-order valence-corrected chi connectivity index (χ2v) is 7.30. The molecule has 0 radical (unpaired) electrons. The van der Waals surface area contributed by atoms with Crippen molar-refractivity contribution < 1.29 is 9.53 Å². The van der Waals surface area contributed by atoms with E-state index in [0.717, 1.165) is 32.4 Å². The highest BCUT2D eigenvalue weighted by Gasteiger charge is 2.38. The minimum Gasteiger partial charge on any atom is -0.375 e. The third kappa shape index (κ3) is 4.67. The molecule has 2 saturated heterocycles. The number of carbonyl (C=O) groups is 1. The summed E-state index contributed by atoms with van der Waals surface area (Å²) in [6, 6.07) is 0.747. The number of anilines is 1. The molecule has 0 spiro atoms. The van der Waals surface area contributed by atoms with Gasteiger partial charge in [-0.3, -0.25) is 9.69 Å². The molecule has 1 aromatic heterocycles. The molecular weight excluding hydrogens is 318 g/mol. The maximum absolute atomic E-state index is 11.9. The van der Waals surface area contributed by atoms with Crippen molar-refractivity contribution >= 4 is 11.9 Å². The minimum atomic E-state index is -0.00511. The van der Waals surface area contributed by atoms with E-state index >= 15 is 0 Å². The Bertz CT molecular complexity index is 577. The summed E-state index contributed by atoms with van der Waals surface area (Å²) in [7, 11) is 3.57. The second-order valence-electron chi connectivity index (χ2n) is 7.30. The van der Waals surface area contributed by atoms with Gasteiger partial charge in [0.2, 0.25) is 11.9 Å². The molecule has 3 atom stereocenters. The van der Waals surface area contributed by atoms with Crippen molar-refractivity contribution in [2.75, 3.05) is 39.1 Å². The number of hydrogen-bond acceptors (Lipinski definition) is 6. The van der Waals surface area contributed by atoms with Gasteiger partial charge in [-0.1, -0.05) is 13.3 Å². The Morgan fingerprint density at radius 2 is 2.12 bits per heavy atom. The first-order valence-corrected chi connectivity index (χ1v) is 9.18. The van der Waals surface area contributed by atoms with E-state index in [1.165, 1.54) is 5.56 Å². The molecule has 1 amide bonds. The predicted molar refractivity (Wildman–Crippen MR) is 96.5 cm³/mol. The molecule has 1 N–H and O–H groups in total. The van der Waals surface area contributed by atoms with Crippen molar-refractivity contribution in [2.45, 2.75) is 50.8 Å². The molecule has 0 unspecified atom stereocenters. The van der Waals surface area contributed by atoms with Crippen LogP contribution in [0.3, 0.4) is 0 Å². The van der Waals surface area contributed by atoms with Crippen LogP contribution in [0.1, 0.15) is 31.7 Å². The Morgan fingerprint density at radius 1 is 1.36 bits per heavy atom. The monoisotopic (exact) mass is 347 g/mol. The maximum Gasteiger partial charge on any atom is 0.224 e. The normalized spacial score (nSPS) is 26.3. The Kier molecular flexibility index (Phi) is 5.86. The summed E-state index contributed by atoms with van der Waals surface area (Å²) in [5.41, 5.74) is 1.18. The standard InChI is InChI=1S/C18H29N5O2/c1-4-5-13-8-19-18(20-9-13)21-14-6-15-12-25-16(11-23(15)10-14)7-17(24)22(2)3/h8-9,14-16H,4-7,10-12H2,1-3H3,(H,19,20,21)/t14-,15+,16+/m1/s1. The first kappa shape index (κ1) is 18.1. The van der Waals surface area contributed by atoms with E-state index in [2.05, 4.69) is 27.1 Å². The molecule has 2 aliphatic rings. The molecule has 7 nitrogen and oxygen atoms in total. The Balaban J connectivity index is 1.50. The molecule has 3 rings (SSSR count). The van der Waals surface area contributed by atoms with Crippen LogP contribution in [0.4, 0.5) is 5.95 Å². The lowest BCUT2D eigenvalue weighted by Gasteiger charge is -2.35. The van der Waals surface area contributed by atoms with E-state index in [4.69, 9.17) is 4.74 Å². The van der Waals surface area contributed by atoms with Crippen LogP contribution < -0.4 is 5.32 Å². The number of carbonyl (C=O) groups excluding carboxylic acids is 1. The zero-order chi connectivity index (χ0) is 17.8. The lowest BCUT2D eigenvalue weighted by Crippen LogP contribution is -2.47. The Morgan fingerprint density at radius 3 is 2.80 bits per heavy atom. The van der Waals surface area contributed by atoms with Gasteiger partial charge in [-0.2, -0.15) is 0 Å². The molecule has 0 aliphatic carbocycles. The molecule has 7 heteroatoms. The number of nitrogens with zero attached hydrogens (tertiary/aromatic N) is 4. The fraction of sp³-hybridized carbons (Fsp3) is 0.722. The van der Waals surface area contributed by atoms with Crippen LogP contribution in [-0.2, 0) is 16.0 Å². The quantitative estimate of drug-likeness (QED) is 0.833. The van der Waals surface area contributed by atoms with Crippen molar-refractivity contribution in [3.05, 3.63) is 18.0 Å². The number of ether oxygens (including phenoxy) is 1. The van der Waals surface area contributed by atoms with Gasteiger partial charge in [0.25, 0.3) is 0 Å². The number of fused-ring (bicyclic) bond motifs is 1. The number of amides is 1. The summed E-state index contributed by atoms with van der Waals surface area (Å²) in [5, 5.41) is 3.45. The second kappa shape index (κ2) is 8.10. The van der Waals surface area contributed by atoms with Crippen LogP contribution in [-0.4, -0.2) is 77.7 Å². The third-order valence-electron chi connectivity index (χ3n) is 4.97. The highest BCUT2D eigenvalue weighted by Crippen LogP contribution is 2.26. The fourth-order valence-corrected chi connectivity index (χ4v) is 3.58. The summed E-state index contributed by atoms with van der Waals surface area (Å²) in [6.07, 6.45) is 7.41. The average molecular weight is 347 g/mol. The summed E-state index contributed by atoms with van der Waals surface area (Å²) >= 11 is 0. The highest BCUT2D eigenvalue weighted by molar-refractivity contribution is 5.76. The van der Waals surface area contributed by atoms with Gasteiger partial charge >= 0.3 is 0 Å². The molecule has 0 aromatic carbocycles. The highest BCUT2D eigenvalue weighted by atomic mass is 16.5. The van der Waals surface area contributed by atoms with E-state index in [-0.39, 0.29) is 12.0 Å². The van der Waals surface area contributed by atoms with Crippen LogP contribution in [0.2, 0.25) is 0 Å². The first-order chi connectivity index (χ1) is 12.0.